The third kappa shape index (κ3) is 8.03. The highest BCUT2D eigenvalue weighted by molar-refractivity contribution is 7.92. The van der Waals surface area contributed by atoms with E-state index < -0.39 is 40.2 Å². The zero-order chi connectivity index (χ0) is 31.7. The van der Waals surface area contributed by atoms with Crippen LogP contribution in [0.3, 0.4) is 0 Å². The Labute approximate surface area is 263 Å². The average Bonchev–Trinajstić information content (AvgIpc) is 3.02. The van der Waals surface area contributed by atoms with E-state index in [9.17, 15) is 22.4 Å². The molecule has 0 spiro atoms. The van der Waals surface area contributed by atoms with E-state index in [1.54, 1.807) is 49.4 Å². The number of aryl methyl sites for hydroxylation is 1. The van der Waals surface area contributed by atoms with Gasteiger partial charge < -0.3 is 10.2 Å². The fourth-order valence-electron chi connectivity index (χ4n) is 4.82. The van der Waals surface area contributed by atoms with Crippen molar-refractivity contribution in [1.29, 1.82) is 0 Å². The van der Waals surface area contributed by atoms with Crippen LogP contribution in [0.15, 0.2) is 108 Å². The van der Waals surface area contributed by atoms with Crippen LogP contribution in [0.5, 0.6) is 0 Å². The second-order valence-electron chi connectivity index (χ2n) is 10.4. The Morgan fingerprint density at radius 3 is 2.18 bits per heavy atom. The van der Waals surface area contributed by atoms with Gasteiger partial charge in [0.1, 0.15) is 18.4 Å². The molecule has 1 N–H and O–H groups in total. The van der Waals surface area contributed by atoms with Gasteiger partial charge in [-0.3, -0.25) is 13.9 Å². The van der Waals surface area contributed by atoms with E-state index in [-0.39, 0.29) is 23.4 Å². The fourth-order valence-corrected chi connectivity index (χ4v) is 6.43. The number of anilines is 1. The molecule has 44 heavy (non-hydrogen) atoms. The van der Waals surface area contributed by atoms with Gasteiger partial charge >= 0.3 is 0 Å². The monoisotopic (exact) mass is 635 g/mol. The molecule has 7 nitrogen and oxygen atoms in total. The molecule has 0 radical (unpaired) electrons. The summed E-state index contributed by atoms with van der Waals surface area (Å²) < 4.78 is 44.2. The van der Waals surface area contributed by atoms with Gasteiger partial charge in [-0.2, -0.15) is 0 Å². The number of hydrogen-bond acceptors (Lipinski definition) is 4. The summed E-state index contributed by atoms with van der Waals surface area (Å²) >= 11 is 6.03. The van der Waals surface area contributed by atoms with Crippen LogP contribution in [-0.2, 0) is 32.6 Å². The van der Waals surface area contributed by atoms with Crippen molar-refractivity contribution < 1.29 is 22.4 Å². The van der Waals surface area contributed by atoms with Crippen molar-refractivity contribution in [3.63, 3.8) is 0 Å². The summed E-state index contributed by atoms with van der Waals surface area (Å²) in [6.07, 6.45) is 0.816. The van der Waals surface area contributed by atoms with Gasteiger partial charge in [-0.15, -0.1) is 0 Å². The normalized spacial score (nSPS) is 11.9. The standard InChI is InChI=1S/C34H35ClFN3O4S/c1-3-21-37-34(41)32(22-26-12-5-4-6-13-26)38(23-27-14-8-9-15-30(27)36)33(40)24-39(31-16-10-7-11-25(31)2)44(42,43)29-19-17-28(35)18-20-29/h4-20,32H,3,21-24H2,1-2H3,(H,37,41)/t32-/m1/s1. The maximum absolute atomic E-state index is 15.0. The third-order valence-electron chi connectivity index (χ3n) is 7.18. The van der Waals surface area contributed by atoms with Gasteiger partial charge in [0.15, 0.2) is 0 Å². The lowest BCUT2D eigenvalue weighted by Gasteiger charge is -2.34. The minimum absolute atomic E-state index is 0.0554. The first-order valence-electron chi connectivity index (χ1n) is 14.3. The topological polar surface area (TPSA) is 86.8 Å². The molecular formula is C34H35ClFN3O4S. The van der Waals surface area contributed by atoms with Crippen LogP contribution in [0, 0.1) is 12.7 Å². The van der Waals surface area contributed by atoms with E-state index >= 15 is 0 Å². The Morgan fingerprint density at radius 2 is 1.52 bits per heavy atom. The predicted molar refractivity (Wildman–Crippen MR) is 171 cm³/mol. The second kappa shape index (κ2) is 15.0. The van der Waals surface area contributed by atoms with Gasteiger partial charge in [0.05, 0.1) is 10.6 Å². The molecule has 4 aromatic carbocycles. The Kier molecular flexibility index (Phi) is 11.1. The van der Waals surface area contributed by atoms with Crippen molar-refractivity contribution in [2.75, 3.05) is 17.4 Å². The highest BCUT2D eigenvalue weighted by atomic mass is 35.5. The molecule has 0 aromatic heterocycles. The molecule has 0 heterocycles. The van der Waals surface area contributed by atoms with E-state index in [2.05, 4.69) is 5.32 Å². The van der Waals surface area contributed by atoms with E-state index in [1.807, 2.05) is 37.3 Å². The number of carbonyl (C=O) groups is 2. The molecule has 4 rings (SSSR count). The number of rotatable bonds is 13. The van der Waals surface area contributed by atoms with E-state index in [1.165, 1.54) is 35.2 Å². The molecule has 10 heteroatoms. The highest BCUT2D eigenvalue weighted by Gasteiger charge is 2.35. The molecule has 4 aromatic rings. The number of amides is 2. The molecule has 2 amide bonds. The van der Waals surface area contributed by atoms with Crippen LogP contribution >= 0.6 is 11.6 Å². The number of hydrogen-bond donors (Lipinski definition) is 1. The largest absolute Gasteiger partial charge is 0.354 e. The van der Waals surface area contributed by atoms with Crippen LogP contribution in [-0.4, -0.2) is 44.3 Å². The summed E-state index contributed by atoms with van der Waals surface area (Å²) in [6, 6.07) is 26.7. The van der Waals surface area contributed by atoms with Gasteiger partial charge in [0, 0.05) is 30.1 Å². The van der Waals surface area contributed by atoms with Gasteiger partial charge in [-0.25, -0.2) is 12.8 Å². The summed E-state index contributed by atoms with van der Waals surface area (Å²) in [5.41, 5.74) is 1.92. The quantitative estimate of drug-likeness (QED) is 0.191. The van der Waals surface area contributed by atoms with E-state index in [4.69, 9.17) is 11.6 Å². The summed E-state index contributed by atoms with van der Waals surface area (Å²) in [6.45, 7) is 3.17. The van der Waals surface area contributed by atoms with Crippen LogP contribution in [0.4, 0.5) is 10.1 Å². The Bertz CT molecular complexity index is 1680. The van der Waals surface area contributed by atoms with Crippen molar-refractivity contribution in [1.82, 2.24) is 10.2 Å². The number of sulfonamides is 1. The number of nitrogens with one attached hydrogen (secondary N) is 1. The number of halogens is 2. The minimum Gasteiger partial charge on any atom is -0.354 e. The molecule has 0 aliphatic carbocycles. The molecule has 230 valence electrons. The molecule has 0 saturated heterocycles. The molecule has 0 unspecified atom stereocenters. The molecule has 0 aliphatic heterocycles. The zero-order valence-electron chi connectivity index (χ0n) is 24.6. The molecule has 0 fully saturated rings. The van der Waals surface area contributed by atoms with Crippen molar-refractivity contribution in [2.24, 2.45) is 0 Å². The summed E-state index contributed by atoms with van der Waals surface area (Å²) in [5.74, 6) is -1.62. The van der Waals surface area contributed by atoms with Gasteiger partial charge in [-0.05, 0) is 60.9 Å². The first-order chi connectivity index (χ1) is 21.1. The van der Waals surface area contributed by atoms with E-state index in [0.29, 0.717) is 29.2 Å². The van der Waals surface area contributed by atoms with Gasteiger partial charge in [-0.1, -0.05) is 85.3 Å². The number of para-hydroxylation sites is 1. The molecule has 0 aliphatic rings. The smallest absolute Gasteiger partial charge is 0.264 e. The number of benzene rings is 4. The van der Waals surface area contributed by atoms with Crippen LogP contribution in [0.1, 0.15) is 30.0 Å². The first kappa shape index (κ1) is 32.7. The minimum atomic E-state index is -4.27. The maximum atomic E-state index is 15.0. The van der Waals surface area contributed by atoms with Crippen molar-refractivity contribution in [2.45, 2.75) is 44.2 Å². The summed E-state index contributed by atoms with van der Waals surface area (Å²) in [7, 11) is -4.27. The Hall–Kier alpha value is -4.21. The molecule has 1 atom stereocenters. The maximum Gasteiger partial charge on any atom is 0.264 e. The highest BCUT2D eigenvalue weighted by Crippen LogP contribution is 2.28. The summed E-state index contributed by atoms with van der Waals surface area (Å²) in [5, 5.41) is 3.23. The van der Waals surface area contributed by atoms with Gasteiger partial charge in [0.25, 0.3) is 10.0 Å². The lowest BCUT2D eigenvalue weighted by molar-refractivity contribution is -0.140. The third-order valence-corrected chi connectivity index (χ3v) is 9.21. The van der Waals surface area contributed by atoms with Crippen molar-refractivity contribution in [3.05, 3.63) is 131 Å². The van der Waals surface area contributed by atoms with Crippen LogP contribution < -0.4 is 9.62 Å². The lowest BCUT2D eigenvalue weighted by Crippen LogP contribution is -2.53. The Balaban J connectivity index is 1.81. The molecule has 0 saturated carbocycles. The van der Waals surface area contributed by atoms with E-state index in [0.717, 1.165) is 9.87 Å². The SMILES string of the molecule is CCCNC(=O)[C@@H](Cc1ccccc1)N(Cc1ccccc1F)C(=O)CN(c1ccccc1C)S(=O)(=O)c1ccc(Cl)cc1. The first-order valence-corrected chi connectivity index (χ1v) is 16.1. The second-order valence-corrected chi connectivity index (χ2v) is 12.7. The molecular weight excluding hydrogens is 601 g/mol. The number of carbonyl (C=O) groups excluding carboxylic acids is 2. The van der Waals surface area contributed by atoms with Crippen molar-refractivity contribution in [3.8, 4) is 0 Å². The lowest BCUT2D eigenvalue weighted by atomic mass is 10.0. The predicted octanol–water partition coefficient (Wildman–Crippen LogP) is 6.15. The van der Waals surface area contributed by atoms with Crippen molar-refractivity contribution >= 4 is 39.1 Å². The summed E-state index contributed by atoms with van der Waals surface area (Å²) in [4.78, 5) is 29.3. The zero-order valence-corrected chi connectivity index (χ0v) is 26.2. The Morgan fingerprint density at radius 1 is 0.886 bits per heavy atom. The van der Waals surface area contributed by atoms with Gasteiger partial charge in [0.2, 0.25) is 11.8 Å². The van der Waals surface area contributed by atoms with Crippen LogP contribution in [0.25, 0.3) is 0 Å². The fraction of sp³-hybridized carbons (Fsp3) is 0.235. The molecule has 0 bridgehead atoms. The number of nitrogens with zero attached hydrogens (tertiary/aromatic N) is 2. The average molecular weight is 636 g/mol. The van der Waals surface area contributed by atoms with Crippen LogP contribution in [0.2, 0.25) is 5.02 Å².